The van der Waals surface area contributed by atoms with E-state index in [9.17, 15) is 13.2 Å². The molecule has 0 aromatic carbocycles. The molecular weight excluding hydrogens is 333 g/mol. The highest BCUT2D eigenvalue weighted by Crippen LogP contribution is 2.29. The van der Waals surface area contributed by atoms with Crippen LogP contribution in [-0.4, -0.2) is 39.4 Å². The summed E-state index contributed by atoms with van der Waals surface area (Å²) in [5, 5.41) is 15.2. The van der Waals surface area contributed by atoms with Crippen LogP contribution < -0.4 is 0 Å². The summed E-state index contributed by atoms with van der Waals surface area (Å²) in [6, 6.07) is 4.60. The van der Waals surface area contributed by atoms with Crippen LogP contribution in [0.1, 0.15) is 5.82 Å². The number of hydrogen-bond acceptors (Lipinski definition) is 7. The lowest BCUT2D eigenvalue weighted by Crippen LogP contribution is -2.12. The molecule has 23 heavy (non-hydrogen) atoms. The van der Waals surface area contributed by atoms with Crippen molar-refractivity contribution >= 4 is 23.2 Å². The van der Waals surface area contributed by atoms with Gasteiger partial charge < -0.3 is 0 Å². The highest BCUT2D eigenvalue weighted by Gasteiger charge is 2.37. The van der Waals surface area contributed by atoms with E-state index in [0.717, 1.165) is 11.8 Å². The molecule has 0 unspecified atom stereocenters. The van der Waals surface area contributed by atoms with E-state index in [1.165, 1.54) is 16.6 Å². The normalized spacial score (nSPS) is 12.3. The Labute approximate surface area is 129 Å². The van der Waals surface area contributed by atoms with Gasteiger partial charge in [-0.2, -0.15) is 27.8 Å². The Kier molecular flexibility index (Phi) is 2.94. The molecule has 0 atom stereocenters. The largest absolute Gasteiger partial charge is 0.453 e. The summed E-state index contributed by atoms with van der Waals surface area (Å²) < 4.78 is 40.6. The van der Waals surface area contributed by atoms with Crippen LogP contribution in [0.25, 0.3) is 11.4 Å². The molecule has 4 aromatic rings. The average Bonchev–Trinajstić information content (AvgIpc) is 3.09. The molecule has 0 saturated carbocycles. The zero-order valence-electron chi connectivity index (χ0n) is 11.0. The van der Waals surface area contributed by atoms with Gasteiger partial charge in [-0.25, -0.2) is 9.50 Å². The molecule has 116 valence electrons. The molecule has 8 nitrogen and oxygen atoms in total. The molecule has 4 heterocycles. The van der Waals surface area contributed by atoms with Crippen molar-refractivity contribution < 1.29 is 13.2 Å². The number of alkyl halides is 3. The predicted molar refractivity (Wildman–Crippen MR) is 70.7 cm³/mol. The lowest BCUT2D eigenvalue weighted by molar-refractivity contribution is -0.146. The zero-order chi connectivity index (χ0) is 16.0. The van der Waals surface area contributed by atoms with Crippen LogP contribution in [0.4, 0.5) is 13.2 Å². The van der Waals surface area contributed by atoms with Crippen molar-refractivity contribution in [3.05, 3.63) is 36.4 Å². The SMILES string of the molecule is FC(F)(F)c1nnc2ccc(Sc3nc4ncccn4n3)nn12. The first-order valence-corrected chi connectivity index (χ1v) is 6.97. The van der Waals surface area contributed by atoms with Crippen LogP contribution in [0, 0.1) is 0 Å². The van der Waals surface area contributed by atoms with Crippen LogP contribution in [0.15, 0.2) is 40.8 Å². The van der Waals surface area contributed by atoms with Gasteiger partial charge in [0.15, 0.2) is 5.65 Å². The predicted octanol–water partition coefficient (Wildman–Crippen LogP) is 1.73. The summed E-state index contributed by atoms with van der Waals surface area (Å²) in [7, 11) is 0. The topological polar surface area (TPSA) is 86.2 Å². The third-order valence-corrected chi connectivity index (χ3v) is 3.57. The summed E-state index contributed by atoms with van der Waals surface area (Å²) in [5.41, 5.74) is 0.00584. The fraction of sp³-hybridized carbons (Fsp3) is 0.0909. The van der Waals surface area contributed by atoms with Gasteiger partial charge in [-0.15, -0.1) is 15.3 Å². The van der Waals surface area contributed by atoms with Crippen molar-refractivity contribution in [3.8, 4) is 0 Å². The lowest BCUT2D eigenvalue weighted by atomic mass is 10.5. The highest BCUT2D eigenvalue weighted by molar-refractivity contribution is 7.99. The maximum absolute atomic E-state index is 12.8. The number of hydrogen-bond donors (Lipinski definition) is 0. The molecule has 0 spiro atoms. The summed E-state index contributed by atoms with van der Waals surface area (Å²) in [4.78, 5) is 8.16. The van der Waals surface area contributed by atoms with Gasteiger partial charge in [0.2, 0.25) is 5.16 Å². The minimum Gasteiger partial charge on any atom is -0.220 e. The molecule has 0 N–H and O–H groups in total. The maximum atomic E-state index is 12.8. The van der Waals surface area contributed by atoms with Crippen LogP contribution in [-0.2, 0) is 6.18 Å². The number of aromatic nitrogens is 8. The Morgan fingerprint density at radius 2 is 1.96 bits per heavy atom. The second kappa shape index (κ2) is 4.87. The van der Waals surface area contributed by atoms with Crippen LogP contribution in [0.5, 0.6) is 0 Å². The highest BCUT2D eigenvalue weighted by atomic mass is 32.2. The first-order chi connectivity index (χ1) is 11.0. The summed E-state index contributed by atoms with van der Waals surface area (Å²) in [6.45, 7) is 0. The fourth-order valence-electron chi connectivity index (χ4n) is 1.85. The molecule has 0 aliphatic heterocycles. The van der Waals surface area contributed by atoms with Gasteiger partial charge in [-0.05, 0) is 30.0 Å². The van der Waals surface area contributed by atoms with Gasteiger partial charge in [0.25, 0.3) is 11.6 Å². The van der Waals surface area contributed by atoms with E-state index < -0.39 is 12.0 Å². The van der Waals surface area contributed by atoms with Crippen molar-refractivity contribution in [2.24, 2.45) is 0 Å². The minimum absolute atomic E-state index is 0.00584. The molecule has 0 amide bonds. The number of fused-ring (bicyclic) bond motifs is 2. The Balaban J connectivity index is 1.74. The molecule has 0 bridgehead atoms. The van der Waals surface area contributed by atoms with Gasteiger partial charge in [0, 0.05) is 12.4 Å². The average molecular weight is 338 g/mol. The molecule has 0 aliphatic rings. The van der Waals surface area contributed by atoms with Crippen molar-refractivity contribution in [3.63, 3.8) is 0 Å². The number of nitrogens with zero attached hydrogens (tertiary/aromatic N) is 8. The summed E-state index contributed by atoms with van der Waals surface area (Å²) in [6.07, 6.45) is -1.41. The Morgan fingerprint density at radius 3 is 2.74 bits per heavy atom. The van der Waals surface area contributed by atoms with E-state index in [-0.39, 0.29) is 10.7 Å². The second-order valence-electron chi connectivity index (χ2n) is 4.32. The fourth-order valence-corrected chi connectivity index (χ4v) is 2.56. The molecule has 0 saturated heterocycles. The van der Waals surface area contributed by atoms with Gasteiger partial charge in [-0.3, -0.25) is 0 Å². The second-order valence-corrected chi connectivity index (χ2v) is 5.31. The Bertz CT molecular complexity index is 974. The monoisotopic (exact) mass is 338 g/mol. The number of halogens is 3. The van der Waals surface area contributed by atoms with Crippen LogP contribution >= 0.6 is 11.8 Å². The molecule has 4 rings (SSSR count). The molecule has 0 fully saturated rings. The van der Waals surface area contributed by atoms with Gasteiger partial charge in [0.1, 0.15) is 5.03 Å². The van der Waals surface area contributed by atoms with E-state index in [2.05, 4.69) is 30.4 Å². The number of rotatable bonds is 2. The van der Waals surface area contributed by atoms with Crippen LogP contribution in [0.3, 0.4) is 0 Å². The molecule has 4 aromatic heterocycles. The smallest absolute Gasteiger partial charge is 0.220 e. The molecule has 0 aliphatic carbocycles. The van der Waals surface area contributed by atoms with Crippen LogP contribution in [0.2, 0.25) is 0 Å². The van der Waals surface area contributed by atoms with E-state index >= 15 is 0 Å². The summed E-state index contributed by atoms with van der Waals surface area (Å²) in [5.74, 6) is -0.795. The van der Waals surface area contributed by atoms with Gasteiger partial charge in [-0.1, -0.05) is 0 Å². The quantitative estimate of drug-likeness (QED) is 0.550. The Morgan fingerprint density at radius 1 is 1.09 bits per heavy atom. The first kappa shape index (κ1) is 13.9. The third kappa shape index (κ3) is 2.46. The lowest BCUT2D eigenvalue weighted by Gasteiger charge is -2.03. The molecule has 0 radical (unpaired) electrons. The minimum atomic E-state index is -4.64. The molecular formula is C11H5F3N8S. The summed E-state index contributed by atoms with van der Waals surface area (Å²) >= 11 is 1.01. The maximum Gasteiger partial charge on any atom is 0.453 e. The first-order valence-electron chi connectivity index (χ1n) is 6.16. The van der Waals surface area contributed by atoms with E-state index in [1.807, 2.05) is 0 Å². The van der Waals surface area contributed by atoms with E-state index in [4.69, 9.17) is 0 Å². The Hall–Kier alpha value is -2.76. The van der Waals surface area contributed by atoms with E-state index in [0.29, 0.717) is 15.4 Å². The van der Waals surface area contributed by atoms with Crippen molar-refractivity contribution in [2.75, 3.05) is 0 Å². The third-order valence-electron chi connectivity index (χ3n) is 2.78. The molecule has 12 heteroatoms. The zero-order valence-corrected chi connectivity index (χ0v) is 11.8. The van der Waals surface area contributed by atoms with E-state index in [1.54, 1.807) is 18.5 Å². The van der Waals surface area contributed by atoms with Crippen molar-refractivity contribution in [1.29, 1.82) is 0 Å². The van der Waals surface area contributed by atoms with Crippen molar-refractivity contribution in [2.45, 2.75) is 16.4 Å². The standard InChI is InChI=1S/C11H5F3N8S/c12-11(13,14)8-18-17-6-2-3-7(19-22(6)8)23-10-16-9-15-4-1-5-21(9)20-10/h1-5H. The van der Waals surface area contributed by atoms with Gasteiger partial charge in [0.05, 0.1) is 0 Å². The van der Waals surface area contributed by atoms with Crippen molar-refractivity contribution in [1.82, 2.24) is 39.4 Å². The van der Waals surface area contributed by atoms with Gasteiger partial charge >= 0.3 is 6.18 Å².